The Balaban J connectivity index is 1.80. The number of piperidine rings is 1. The molecular weight excluding hydrogens is 212 g/mol. The first kappa shape index (κ1) is 12.1. The van der Waals surface area contributed by atoms with Crippen LogP contribution in [0, 0.1) is 17.2 Å². The van der Waals surface area contributed by atoms with Gasteiger partial charge in [0.2, 0.25) is 0 Å². The predicted molar refractivity (Wildman–Crippen MR) is 66.3 cm³/mol. The van der Waals surface area contributed by atoms with Crippen molar-refractivity contribution in [2.45, 2.75) is 18.9 Å². The highest BCUT2D eigenvalue weighted by molar-refractivity contribution is 5.14. The lowest BCUT2D eigenvalue weighted by molar-refractivity contribution is 0.0433. The fourth-order valence-corrected chi connectivity index (χ4v) is 2.28. The largest absolute Gasteiger partial charge is 0.390 e. The lowest BCUT2D eigenvalue weighted by Crippen LogP contribution is -2.44. The first-order chi connectivity index (χ1) is 8.29. The van der Waals surface area contributed by atoms with E-state index < -0.39 is 6.10 Å². The second-order valence-corrected chi connectivity index (χ2v) is 4.63. The van der Waals surface area contributed by atoms with Crippen molar-refractivity contribution < 1.29 is 5.11 Å². The molecule has 0 radical (unpaired) electrons. The van der Waals surface area contributed by atoms with Crippen molar-refractivity contribution in [3.8, 4) is 6.07 Å². The van der Waals surface area contributed by atoms with Gasteiger partial charge in [0.1, 0.15) is 0 Å². The zero-order valence-corrected chi connectivity index (χ0v) is 9.92. The molecule has 1 heterocycles. The van der Waals surface area contributed by atoms with Gasteiger partial charge in [-0.2, -0.15) is 5.26 Å². The quantitative estimate of drug-likeness (QED) is 0.854. The lowest BCUT2D eigenvalue weighted by atomic mass is 9.95. The molecule has 0 unspecified atom stereocenters. The first-order valence-corrected chi connectivity index (χ1v) is 6.13. The summed E-state index contributed by atoms with van der Waals surface area (Å²) in [6.07, 6.45) is 1.31. The summed E-state index contributed by atoms with van der Waals surface area (Å²) in [7, 11) is 0. The standard InChI is InChI=1S/C14H18N2O/c15-10-13-7-9-16(11-14(13)17)8-6-12-4-2-1-3-5-12/h1-5,13-14,17H,6-9,11H2/t13-,14+/m0/s1. The number of hydrogen-bond donors (Lipinski definition) is 1. The summed E-state index contributed by atoms with van der Waals surface area (Å²) in [6, 6.07) is 12.5. The SMILES string of the molecule is N#C[C@@H]1CCN(CCc2ccccc2)C[C@H]1O. The summed E-state index contributed by atoms with van der Waals surface area (Å²) >= 11 is 0. The number of benzene rings is 1. The molecule has 1 aliphatic rings. The number of aliphatic hydroxyl groups excluding tert-OH is 1. The fourth-order valence-electron chi connectivity index (χ4n) is 2.28. The molecule has 1 aliphatic heterocycles. The molecule has 2 atom stereocenters. The van der Waals surface area contributed by atoms with Gasteiger partial charge in [0.15, 0.2) is 0 Å². The van der Waals surface area contributed by atoms with Crippen LogP contribution in [0.2, 0.25) is 0 Å². The van der Waals surface area contributed by atoms with E-state index in [-0.39, 0.29) is 5.92 Å². The van der Waals surface area contributed by atoms with Crippen molar-refractivity contribution >= 4 is 0 Å². The molecule has 17 heavy (non-hydrogen) atoms. The van der Waals surface area contributed by atoms with E-state index in [0.29, 0.717) is 6.54 Å². The van der Waals surface area contributed by atoms with E-state index in [4.69, 9.17) is 5.26 Å². The zero-order chi connectivity index (χ0) is 12.1. The van der Waals surface area contributed by atoms with Crippen molar-refractivity contribution in [2.75, 3.05) is 19.6 Å². The number of nitrogens with zero attached hydrogens (tertiary/aromatic N) is 2. The molecule has 0 saturated carbocycles. The molecule has 1 aromatic rings. The van der Waals surface area contributed by atoms with Gasteiger partial charge in [-0.15, -0.1) is 0 Å². The van der Waals surface area contributed by atoms with E-state index in [9.17, 15) is 5.11 Å². The van der Waals surface area contributed by atoms with Crippen LogP contribution in [0.15, 0.2) is 30.3 Å². The molecular formula is C14H18N2O. The normalized spacial score (nSPS) is 25.4. The number of nitriles is 1. The van der Waals surface area contributed by atoms with Crippen molar-refractivity contribution in [3.05, 3.63) is 35.9 Å². The Labute approximate surface area is 102 Å². The minimum absolute atomic E-state index is 0.178. The van der Waals surface area contributed by atoms with Crippen LogP contribution >= 0.6 is 0 Å². The minimum Gasteiger partial charge on any atom is -0.390 e. The average molecular weight is 230 g/mol. The first-order valence-electron chi connectivity index (χ1n) is 6.13. The summed E-state index contributed by atoms with van der Waals surface area (Å²) in [4.78, 5) is 2.24. The van der Waals surface area contributed by atoms with Crippen molar-refractivity contribution in [1.29, 1.82) is 5.26 Å². The lowest BCUT2D eigenvalue weighted by Gasteiger charge is -2.32. The van der Waals surface area contributed by atoms with E-state index in [0.717, 1.165) is 25.9 Å². The number of hydrogen-bond acceptors (Lipinski definition) is 3. The van der Waals surface area contributed by atoms with Gasteiger partial charge in [0, 0.05) is 13.1 Å². The Bertz CT molecular complexity index is 385. The Morgan fingerprint density at radius 1 is 1.35 bits per heavy atom. The molecule has 1 saturated heterocycles. The topological polar surface area (TPSA) is 47.3 Å². The van der Waals surface area contributed by atoms with Gasteiger partial charge >= 0.3 is 0 Å². The van der Waals surface area contributed by atoms with E-state index in [2.05, 4.69) is 23.1 Å². The van der Waals surface area contributed by atoms with Crippen molar-refractivity contribution in [1.82, 2.24) is 4.90 Å². The maximum Gasteiger partial charge on any atom is 0.0825 e. The third-order valence-electron chi connectivity index (χ3n) is 3.39. The van der Waals surface area contributed by atoms with E-state index >= 15 is 0 Å². The minimum atomic E-state index is -0.482. The number of aliphatic hydroxyl groups is 1. The molecule has 0 amide bonds. The van der Waals surface area contributed by atoms with Gasteiger partial charge < -0.3 is 10.0 Å². The van der Waals surface area contributed by atoms with Crippen LogP contribution in [0.3, 0.4) is 0 Å². The molecule has 3 nitrogen and oxygen atoms in total. The summed E-state index contributed by atoms with van der Waals surface area (Å²) in [6.45, 7) is 2.51. The highest BCUT2D eigenvalue weighted by Gasteiger charge is 2.26. The maximum atomic E-state index is 9.77. The van der Waals surface area contributed by atoms with Gasteiger partial charge in [0.05, 0.1) is 18.1 Å². The Morgan fingerprint density at radius 2 is 2.12 bits per heavy atom. The highest BCUT2D eigenvalue weighted by Crippen LogP contribution is 2.17. The zero-order valence-electron chi connectivity index (χ0n) is 9.92. The van der Waals surface area contributed by atoms with Crippen LogP contribution in [-0.4, -0.2) is 35.7 Å². The smallest absolute Gasteiger partial charge is 0.0825 e. The molecule has 2 rings (SSSR count). The van der Waals surface area contributed by atoms with E-state index in [1.807, 2.05) is 18.2 Å². The van der Waals surface area contributed by atoms with Crippen LogP contribution in [-0.2, 0) is 6.42 Å². The second kappa shape index (κ2) is 5.81. The Hall–Kier alpha value is -1.37. The Morgan fingerprint density at radius 3 is 2.76 bits per heavy atom. The van der Waals surface area contributed by atoms with Crippen LogP contribution < -0.4 is 0 Å². The molecule has 3 heteroatoms. The number of β-amino-alcohol motifs (C(OH)–C–C–N with tert-alkyl or cyclic N) is 1. The number of likely N-dealkylation sites (tertiary alicyclic amines) is 1. The Kier molecular flexibility index (Phi) is 4.13. The van der Waals surface area contributed by atoms with Gasteiger partial charge in [-0.05, 0) is 24.9 Å². The van der Waals surface area contributed by atoms with Crippen molar-refractivity contribution in [2.24, 2.45) is 5.92 Å². The molecule has 0 bridgehead atoms. The third kappa shape index (κ3) is 3.29. The monoisotopic (exact) mass is 230 g/mol. The van der Waals surface area contributed by atoms with E-state index in [1.54, 1.807) is 0 Å². The van der Waals surface area contributed by atoms with Crippen LogP contribution in [0.1, 0.15) is 12.0 Å². The maximum absolute atomic E-state index is 9.77. The van der Waals surface area contributed by atoms with Crippen LogP contribution in [0.4, 0.5) is 0 Å². The summed E-state index contributed by atoms with van der Waals surface area (Å²) < 4.78 is 0. The predicted octanol–water partition coefficient (Wildman–Crippen LogP) is 1.44. The molecule has 0 aliphatic carbocycles. The van der Waals surface area contributed by atoms with Crippen LogP contribution in [0.25, 0.3) is 0 Å². The van der Waals surface area contributed by atoms with Crippen molar-refractivity contribution in [3.63, 3.8) is 0 Å². The molecule has 1 fully saturated rings. The van der Waals surface area contributed by atoms with Gasteiger partial charge in [-0.3, -0.25) is 0 Å². The molecule has 0 spiro atoms. The molecule has 0 aromatic heterocycles. The van der Waals surface area contributed by atoms with E-state index in [1.165, 1.54) is 5.56 Å². The summed E-state index contributed by atoms with van der Waals surface area (Å²) in [5, 5.41) is 18.6. The molecule has 1 N–H and O–H groups in total. The van der Waals surface area contributed by atoms with Gasteiger partial charge in [-0.25, -0.2) is 0 Å². The summed E-state index contributed by atoms with van der Waals surface area (Å²) in [5.74, 6) is -0.178. The van der Waals surface area contributed by atoms with Gasteiger partial charge in [0.25, 0.3) is 0 Å². The van der Waals surface area contributed by atoms with Gasteiger partial charge in [-0.1, -0.05) is 30.3 Å². The summed E-state index contributed by atoms with van der Waals surface area (Å²) in [5.41, 5.74) is 1.32. The fraction of sp³-hybridized carbons (Fsp3) is 0.500. The highest BCUT2D eigenvalue weighted by atomic mass is 16.3. The molecule has 90 valence electrons. The average Bonchev–Trinajstić information content (AvgIpc) is 2.38. The second-order valence-electron chi connectivity index (χ2n) is 4.63. The molecule has 1 aromatic carbocycles. The third-order valence-corrected chi connectivity index (χ3v) is 3.39. The number of rotatable bonds is 3. The van der Waals surface area contributed by atoms with Crippen LogP contribution in [0.5, 0.6) is 0 Å².